The van der Waals surface area contributed by atoms with Gasteiger partial charge in [-0.3, -0.25) is 5.32 Å². The van der Waals surface area contributed by atoms with Crippen molar-refractivity contribution in [2.75, 3.05) is 6.61 Å². The van der Waals surface area contributed by atoms with Crippen LogP contribution < -0.4 is 5.32 Å². The Kier molecular flexibility index (Phi) is 1.63. The molecule has 0 aliphatic carbocycles. The highest BCUT2D eigenvalue weighted by molar-refractivity contribution is 4.77. The van der Waals surface area contributed by atoms with Crippen molar-refractivity contribution in [3.05, 3.63) is 6.54 Å². The van der Waals surface area contributed by atoms with E-state index in [9.17, 15) is 13.2 Å². The zero-order chi connectivity index (χ0) is 6.91. The SMILES string of the molecule is FC(F)(F)C1N[CH]CO1. The van der Waals surface area contributed by atoms with Crippen molar-refractivity contribution in [1.29, 1.82) is 0 Å². The second kappa shape index (κ2) is 2.15. The van der Waals surface area contributed by atoms with E-state index < -0.39 is 12.4 Å². The molecule has 1 fully saturated rings. The van der Waals surface area contributed by atoms with E-state index in [1.54, 1.807) is 0 Å². The van der Waals surface area contributed by atoms with Gasteiger partial charge in [0.05, 0.1) is 13.2 Å². The van der Waals surface area contributed by atoms with Gasteiger partial charge < -0.3 is 4.74 Å². The van der Waals surface area contributed by atoms with Crippen LogP contribution in [0.15, 0.2) is 0 Å². The fraction of sp³-hybridized carbons (Fsp3) is 0.750. The molecule has 0 aromatic rings. The summed E-state index contributed by atoms with van der Waals surface area (Å²) in [7, 11) is 0. The lowest BCUT2D eigenvalue weighted by Gasteiger charge is -2.12. The largest absolute Gasteiger partial charge is 0.428 e. The Labute approximate surface area is 50.0 Å². The molecule has 9 heavy (non-hydrogen) atoms. The van der Waals surface area contributed by atoms with E-state index in [1.165, 1.54) is 6.54 Å². The van der Waals surface area contributed by atoms with Gasteiger partial charge in [0.1, 0.15) is 0 Å². The van der Waals surface area contributed by atoms with Crippen molar-refractivity contribution in [3.8, 4) is 0 Å². The molecule has 0 spiro atoms. The first-order valence-electron chi connectivity index (χ1n) is 2.37. The van der Waals surface area contributed by atoms with Crippen LogP contribution in [0, 0.1) is 6.54 Å². The second-order valence-corrected chi connectivity index (χ2v) is 1.63. The van der Waals surface area contributed by atoms with E-state index in [2.05, 4.69) is 4.74 Å². The van der Waals surface area contributed by atoms with Gasteiger partial charge in [-0.2, -0.15) is 13.2 Å². The summed E-state index contributed by atoms with van der Waals surface area (Å²) in [6.45, 7) is 1.25. The molecule has 1 aliphatic heterocycles. The van der Waals surface area contributed by atoms with E-state index in [0.29, 0.717) is 0 Å². The minimum atomic E-state index is -4.28. The minimum Gasteiger partial charge on any atom is -0.352 e. The lowest BCUT2D eigenvalue weighted by molar-refractivity contribution is -0.212. The molecule has 1 heterocycles. The monoisotopic (exact) mass is 140 g/mol. The molecule has 1 saturated heterocycles. The summed E-state index contributed by atoms with van der Waals surface area (Å²) in [4.78, 5) is 0. The Morgan fingerprint density at radius 1 is 1.56 bits per heavy atom. The van der Waals surface area contributed by atoms with Crippen LogP contribution in [0.4, 0.5) is 13.2 Å². The van der Waals surface area contributed by atoms with E-state index in [4.69, 9.17) is 0 Å². The smallest absolute Gasteiger partial charge is 0.352 e. The summed E-state index contributed by atoms with van der Waals surface area (Å²) in [5.41, 5.74) is 0. The molecular formula is C4H5F3NO. The lowest BCUT2D eigenvalue weighted by atomic mass is 10.6. The maximum absolute atomic E-state index is 11.6. The maximum Gasteiger partial charge on any atom is 0.428 e. The number of hydrogen-bond acceptors (Lipinski definition) is 2. The highest BCUT2D eigenvalue weighted by atomic mass is 19.4. The zero-order valence-electron chi connectivity index (χ0n) is 4.40. The van der Waals surface area contributed by atoms with Gasteiger partial charge in [0.15, 0.2) is 0 Å². The molecule has 0 bridgehead atoms. The number of nitrogens with one attached hydrogen (secondary N) is 1. The van der Waals surface area contributed by atoms with Gasteiger partial charge in [-0.1, -0.05) is 0 Å². The molecule has 0 amide bonds. The Hall–Kier alpha value is -0.290. The topological polar surface area (TPSA) is 21.3 Å². The molecule has 0 saturated carbocycles. The van der Waals surface area contributed by atoms with E-state index in [0.717, 1.165) is 0 Å². The van der Waals surface area contributed by atoms with Crippen LogP contribution in [-0.4, -0.2) is 19.0 Å². The highest BCUT2D eigenvalue weighted by Crippen LogP contribution is 2.23. The Balaban J connectivity index is 2.42. The maximum atomic E-state index is 11.6. The molecule has 2 nitrogen and oxygen atoms in total. The number of ether oxygens (including phenoxy) is 1. The number of rotatable bonds is 0. The predicted molar refractivity (Wildman–Crippen MR) is 23.2 cm³/mol. The van der Waals surface area contributed by atoms with Crippen LogP contribution in [0.25, 0.3) is 0 Å². The van der Waals surface area contributed by atoms with Crippen molar-refractivity contribution in [3.63, 3.8) is 0 Å². The summed E-state index contributed by atoms with van der Waals surface area (Å²) in [6.07, 6.45) is -6.08. The number of alkyl halides is 3. The van der Waals surface area contributed by atoms with Gasteiger partial charge in [-0.15, -0.1) is 0 Å². The number of halogens is 3. The zero-order valence-corrected chi connectivity index (χ0v) is 4.40. The second-order valence-electron chi connectivity index (χ2n) is 1.63. The van der Waals surface area contributed by atoms with Crippen LogP contribution in [0.1, 0.15) is 0 Å². The van der Waals surface area contributed by atoms with Gasteiger partial charge in [-0.05, 0) is 0 Å². The first kappa shape index (κ1) is 6.82. The highest BCUT2D eigenvalue weighted by Gasteiger charge is 2.42. The molecule has 0 aromatic heterocycles. The van der Waals surface area contributed by atoms with Crippen LogP contribution in [0.5, 0.6) is 0 Å². The molecule has 1 aliphatic rings. The van der Waals surface area contributed by atoms with Crippen LogP contribution in [0.2, 0.25) is 0 Å². The summed E-state index contributed by atoms with van der Waals surface area (Å²) in [5, 5.41) is 2.02. The van der Waals surface area contributed by atoms with Crippen molar-refractivity contribution in [1.82, 2.24) is 5.32 Å². The quantitative estimate of drug-likeness (QED) is 0.533. The Morgan fingerprint density at radius 2 is 2.22 bits per heavy atom. The molecule has 1 N–H and O–H groups in total. The van der Waals surface area contributed by atoms with Crippen molar-refractivity contribution in [2.24, 2.45) is 0 Å². The van der Waals surface area contributed by atoms with Crippen molar-refractivity contribution in [2.45, 2.75) is 12.4 Å². The molecule has 1 unspecified atom stereocenters. The lowest BCUT2D eigenvalue weighted by Crippen LogP contribution is -2.37. The van der Waals surface area contributed by atoms with Crippen LogP contribution >= 0.6 is 0 Å². The fourth-order valence-electron chi connectivity index (χ4n) is 0.537. The molecule has 1 rings (SSSR count). The predicted octanol–water partition coefficient (Wildman–Crippen LogP) is 0.656. The summed E-state index contributed by atoms with van der Waals surface area (Å²) >= 11 is 0. The Morgan fingerprint density at radius 3 is 2.44 bits per heavy atom. The summed E-state index contributed by atoms with van der Waals surface area (Å²) in [5.74, 6) is 0. The summed E-state index contributed by atoms with van der Waals surface area (Å²) < 4.78 is 38.9. The van der Waals surface area contributed by atoms with Gasteiger partial charge in [0, 0.05) is 0 Å². The van der Waals surface area contributed by atoms with Crippen molar-refractivity contribution < 1.29 is 17.9 Å². The van der Waals surface area contributed by atoms with E-state index >= 15 is 0 Å². The van der Waals surface area contributed by atoms with Gasteiger partial charge >= 0.3 is 6.18 Å². The van der Waals surface area contributed by atoms with Crippen molar-refractivity contribution >= 4 is 0 Å². The molecule has 1 radical (unpaired) electrons. The third kappa shape index (κ3) is 1.56. The molecule has 0 aromatic carbocycles. The van der Waals surface area contributed by atoms with Crippen LogP contribution in [0.3, 0.4) is 0 Å². The molecule has 5 heteroatoms. The number of hydrogen-bond donors (Lipinski definition) is 1. The average molecular weight is 140 g/mol. The molecular weight excluding hydrogens is 135 g/mol. The first-order valence-corrected chi connectivity index (χ1v) is 2.37. The fourth-order valence-corrected chi connectivity index (χ4v) is 0.537. The average Bonchev–Trinajstić information content (AvgIpc) is 2.08. The van der Waals surface area contributed by atoms with Crippen LogP contribution in [-0.2, 0) is 4.74 Å². The standard InChI is InChI=1S/C4H5F3NO/c5-4(6,7)3-8-1-2-9-3/h1,3,8H,2H2. The van der Waals surface area contributed by atoms with Gasteiger partial charge in [0.2, 0.25) is 6.23 Å². The Bertz CT molecular complexity index is 96.5. The minimum absolute atomic E-state index is 0.0180. The normalized spacial score (nSPS) is 29.0. The molecule has 53 valence electrons. The van der Waals surface area contributed by atoms with Gasteiger partial charge in [-0.25, -0.2) is 0 Å². The van der Waals surface area contributed by atoms with Gasteiger partial charge in [0.25, 0.3) is 0 Å². The third-order valence-electron chi connectivity index (χ3n) is 0.913. The molecule has 1 atom stereocenters. The van der Waals surface area contributed by atoms with E-state index in [1.807, 2.05) is 5.32 Å². The summed E-state index contributed by atoms with van der Waals surface area (Å²) in [6, 6.07) is 0. The van der Waals surface area contributed by atoms with E-state index in [-0.39, 0.29) is 6.61 Å². The first-order chi connectivity index (χ1) is 4.11. The third-order valence-corrected chi connectivity index (χ3v) is 0.913.